The zero-order chi connectivity index (χ0) is 29.8. The van der Waals surface area contributed by atoms with Crippen molar-refractivity contribution in [2.45, 2.75) is 12.8 Å². The van der Waals surface area contributed by atoms with Crippen molar-refractivity contribution in [2.75, 3.05) is 23.3 Å². The number of anilines is 2. The SMILES string of the molecule is N#CCCN(CCC#N)c1ccc(/C=C(/NC(=O)Nc2ccccc2Cl)NC(=O)c2cc([N+](=O)[O-])ccc2Cl)cc1. The van der Waals surface area contributed by atoms with E-state index >= 15 is 0 Å². The molecular formula is C28H23Cl2N7O4. The number of hydrogen-bond acceptors (Lipinski definition) is 7. The van der Waals surface area contributed by atoms with Crippen molar-refractivity contribution in [3.8, 4) is 12.1 Å². The molecule has 41 heavy (non-hydrogen) atoms. The maximum absolute atomic E-state index is 13.1. The van der Waals surface area contributed by atoms with Crippen LogP contribution in [0.2, 0.25) is 10.0 Å². The molecule has 11 nitrogen and oxygen atoms in total. The molecule has 3 aromatic carbocycles. The van der Waals surface area contributed by atoms with Crippen LogP contribution in [-0.2, 0) is 0 Å². The summed E-state index contributed by atoms with van der Waals surface area (Å²) in [5.74, 6) is -0.848. The van der Waals surface area contributed by atoms with Crippen molar-refractivity contribution < 1.29 is 14.5 Å². The van der Waals surface area contributed by atoms with E-state index < -0.39 is 16.9 Å². The van der Waals surface area contributed by atoms with Gasteiger partial charge in [-0.2, -0.15) is 10.5 Å². The third kappa shape index (κ3) is 8.97. The molecule has 0 heterocycles. The first-order chi connectivity index (χ1) is 19.7. The number of halogens is 2. The first-order valence-electron chi connectivity index (χ1n) is 12.1. The molecule has 3 amide bonds. The number of nitro benzene ring substituents is 1. The second-order valence-corrected chi connectivity index (χ2v) is 9.20. The fraction of sp³-hybridized carbons (Fsp3) is 0.143. The van der Waals surface area contributed by atoms with E-state index in [9.17, 15) is 19.7 Å². The van der Waals surface area contributed by atoms with Crippen LogP contribution in [0.15, 0.2) is 72.6 Å². The Labute approximate surface area is 245 Å². The Balaban J connectivity index is 1.90. The van der Waals surface area contributed by atoms with Gasteiger partial charge in [-0.25, -0.2) is 4.79 Å². The normalized spacial score (nSPS) is 10.6. The molecule has 0 aliphatic heterocycles. The molecular weight excluding hydrogens is 569 g/mol. The predicted molar refractivity (Wildman–Crippen MR) is 156 cm³/mol. The minimum absolute atomic E-state index is 0.0212. The minimum Gasteiger partial charge on any atom is -0.369 e. The van der Waals surface area contributed by atoms with Crippen molar-refractivity contribution in [2.24, 2.45) is 0 Å². The van der Waals surface area contributed by atoms with Gasteiger partial charge in [0.1, 0.15) is 5.82 Å². The number of carbonyl (C=O) groups is 2. The van der Waals surface area contributed by atoms with E-state index in [1.807, 2.05) is 4.90 Å². The van der Waals surface area contributed by atoms with E-state index in [0.717, 1.165) is 11.8 Å². The monoisotopic (exact) mass is 591 g/mol. The van der Waals surface area contributed by atoms with E-state index in [-0.39, 0.29) is 34.9 Å². The number of benzene rings is 3. The van der Waals surface area contributed by atoms with E-state index in [1.165, 1.54) is 18.2 Å². The zero-order valence-electron chi connectivity index (χ0n) is 21.4. The molecule has 0 atom stereocenters. The van der Waals surface area contributed by atoms with Crippen LogP contribution in [0.4, 0.5) is 21.9 Å². The van der Waals surface area contributed by atoms with Crippen LogP contribution in [0.3, 0.4) is 0 Å². The summed E-state index contributed by atoms with van der Waals surface area (Å²) in [5, 5.41) is 37.1. The summed E-state index contributed by atoms with van der Waals surface area (Å²) in [6.45, 7) is 0.894. The van der Waals surface area contributed by atoms with Crippen LogP contribution in [0.1, 0.15) is 28.8 Å². The third-order valence-corrected chi connectivity index (χ3v) is 6.24. The Morgan fingerprint density at radius 1 is 0.927 bits per heavy atom. The van der Waals surface area contributed by atoms with E-state index in [4.69, 9.17) is 33.7 Å². The number of carbonyl (C=O) groups excluding carboxylic acids is 2. The molecule has 0 fully saturated rings. The Bertz CT molecular complexity index is 1530. The fourth-order valence-corrected chi connectivity index (χ4v) is 4.01. The van der Waals surface area contributed by atoms with Gasteiger partial charge in [-0.15, -0.1) is 0 Å². The maximum Gasteiger partial charge on any atom is 0.324 e. The number of nitro groups is 1. The Kier molecular flexibility index (Phi) is 11.1. The summed E-state index contributed by atoms with van der Waals surface area (Å²) in [6.07, 6.45) is 2.05. The fourth-order valence-electron chi connectivity index (χ4n) is 3.62. The summed E-state index contributed by atoms with van der Waals surface area (Å²) in [6, 6.07) is 20.5. The van der Waals surface area contributed by atoms with Crippen molar-refractivity contribution in [3.63, 3.8) is 0 Å². The highest BCUT2D eigenvalue weighted by Crippen LogP contribution is 2.23. The van der Waals surface area contributed by atoms with Gasteiger partial charge in [0.15, 0.2) is 0 Å². The van der Waals surface area contributed by atoms with Gasteiger partial charge in [-0.1, -0.05) is 47.5 Å². The lowest BCUT2D eigenvalue weighted by atomic mass is 10.1. The number of nitrogens with one attached hydrogen (secondary N) is 3. The van der Waals surface area contributed by atoms with E-state index in [1.54, 1.807) is 48.5 Å². The smallest absolute Gasteiger partial charge is 0.324 e. The number of para-hydroxylation sites is 1. The van der Waals surface area contributed by atoms with Gasteiger partial charge in [-0.05, 0) is 42.0 Å². The Morgan fingerprint density at radius 3 is 2.20 bits per heavy atom. The number of nitriles is 2. The summed E-state index contributed by atoms with van der Waals surface area (Å²) >= 11 is 12.3. The van der Waals surface area contributed by atoms with Crippen molar-refractivity contribution >= 4 is 58.3 Å². The number of non-ortho nitro benzene ring substituents is 1. The lowest BCUT2D eigenvalue weighted by molar-refractivity contribution is -0.384. The molecule has 0 saturated heterocycles. The number of rotatable bonds is 11. The van der Waals surface area contributed by atoms with E-state index in [2.05, 4.69) is 28.1 Å². The van der Waals surface area contributed by atoms with Crippen LogP contribution in [0.5, 0.6) is 0 Å². The molecule has 3 N–H and O–H groups in total. The van der Waals surface area contributed by atoms with Gasteiger partial charge in [0, 0.05) is 30.9 Å². The second-order valence-electron chi connectivity index (χ2n) is 8.39. The predicted octanol–water partition coefficient (Wildman–Crippen LogP) is 6.09. The van der Waals surface area contributed by atoms with Gasteiger partial charge in [0.05, 0.1) is 51.2 Å². The van der Waals surface area contributed by atoms with Gasteiger partial charge in [0.25, 0.3) is 11.6 Å². The molecule has 0 unspecified atom stereocenters. The van der Waals surface area contributed by atoms with Gasteiger partial charge >= 0.3 is 6.03 Å². The molecule has 208 valence electrons. The molecule has 13 heteroatoms. The number of urea groups is 1. The quantitative estimate of drug-likeness (QED) is 0.179. The molecule has 0 spiro atoms. The summed E-state index contributed by atoms with van der Waals surface area (Å²) in [4.78, 5) is 38.3. The highest BCUT2D eigenvalue weighted by molar-refractivity contribution is 6.34. The summed E-state index contributed by atoms with van der Waals surface area (Å²) < 4.78 is 0. The largest absolute Gasteiger partial charge is 0.369 e. The molecule has 0 aliphatic carbocycles. The van der Waals surface area contributed by atoms with Gasteiger partial charge in [-0.3, -0.25) is 20.2 Å². The van der Waals surface area contributed by atoms with Crippen molar-refractivity contribution in [1.82, 2.24) is 10.6 Å². The molecule has 3 aromatic rings. The lowest BCUT2D eigenvalue weighted by Gasteiger charge is -2.22. The Hall–Kier alpha value is -5.10. The number of nitrogens with zero attached hydrogens (tertiary/aromatic N) is 4. The van der Waals surface area contributed by atoms with Crippen molar-refractivity contribution in [3.05, 3.63) is 104 Å². The van der Waals surface area contributed by atoms with Crippen LogP contribution >= 0.6 is 23.2 Å². The molecule has 0 radical (unpaired) electrons. The Morgan fingerprint density at radius 2 is 1.59 bits per heavy atom. The highest BCUT2D eigenvalue weighted by atomic mass is 35.5. The first-order valence-corrected chi connectivity index (χ1v) is 12.9. The lowest BCUT2D eigenvalue weighted by Crippen LogP contribution is -2.37. The standard InChI is InChI=1S/C28H23Cl2N7O4/c29-23-12-11-21(37(40)41)18-22(23)27(38)34-26(35-28(39)33-25-6-2-1-5-24(25)30)17-19-7-9-20(10-8-19)36(15-3-13-31)16-4-14-32/h1-2,5-12,17-18H,3-4,15-16H2,(H,34,38)(H2,33,35,39)/b26-17+. The number of amides is 3. The summed E-state index contributed by atoms with van der Waals surface area (Å²) in [7, 11) is 0. The average Bonchev–Trinajstić information content (AvgIpc) is 2.95. The molecule has 0 saturated carbocycles. The molecule has 0 bridgehead atoms. The second kappa shape index (κ2) is 14.9. The van der Waals surface area contributed by atoms with Crippen molar-refractivity contribution in [1.29, 1.82) is 10.5 Å². The molecule has 3 rings (SSSR count). The third-order valence-electron chi connectivity index (χ3n) is 5.58. The van der Waals surface area contributed by atoms with Crippen LogP contribution in [-0.4, -0.2) is 30.0 Å². The minimum atomic E-state index is -0.793. The summed E-state index contributed by atoms with van der Waals surface area (Å²) in [5.41, 5.74) is 1.19. The zero-order valence-corrected chi connectivity index (χ0v) is 22.9. The topological polar surface area (TPSA) is 164 Å². The first kappa shape index (κ1) is 30.4. The van der Waals surface area contributed by atoms with E-state index in [0.29, 0.717) is 29.4 Å². The van der Waals surface area contributed by atoms with Gasteiger partial charge in [0.2, 0.25) is 0 Å². The average molecular weight is 592 g/mol. The molecule has 0 aliphatic rings. The van der Waals surface area contributed by atoms with Gasteiger partial charge < -0.3 is 15.5 Å². The van der Waals surface area contributed by atoms with Crippen LogP contribution < -0.4 is 20.9 Å². The highest BCUT2D eigenvalue weighted by Gasteiger charge is 2.18. The van der Waals surface area contributed by atoms with Crippen LogP contribution in [0.25, 0.3) is 6.08 Å². The molecule has 0 aromatic heterocycles. The maximum atomic E-state index is 13.1. The van der Waals surface area contributed by atoms with Crippen LogP contribution in [0, 0.1) is 32.8 Å². The number of hydrogen-bond donors (Lipinski definition) is 3.